The zero-order valence-corrected chi connectivity index (χ0v) is 13.4. The summed E-state index contributed by atoms with van der Waals surface area (Å²) in [6, 6.07) is 17.0. The molecule has 0 aliphatic rings. The number of benzene rings is 2. The van der Waals surface area contributed by atoms with Crippen LogP contribution in [0.4, 0.5) is 0 Å². The van der Waals surface area contributed by atoms with Crippen LogP contribution in [0.2, 0.25) is 5.02 Å². The predicted molar refractivity (Wildman–Crippen MR) is 90.9 cm³/mol. The predicted octanol–water partition coefficient (Wildman–Crippen LogP) is 4.02. The molecule has 1 amide bonds. The van der Waals surface area contributed by atoms with E-state index in [2.05, 4.69) is 10.4 Å². The van der Waals surface area contributed by atoms with Crippen molar-refractivity contribution in [2.45, 2.75) is 13.0 Å². The number of aromatic nitrogens is 2. The van der Waals surface area contributed by atoms with Crippen LogP contribution in [0.25, 0.3) is 5.69 Å². The zero-order valence-electron chi connectivity index (χ0n) is 12.6. The lowest BCUT2D eigenvalue weighted by Gasteiger charge is -2.13. The van der Waals surface area contributed by atoms with Crippen LogP contribution in [0, 0.1) is 0 Å². The largest absolute Gasteiger partial charge is 0.345 e. The molecule has 116 valence electrons. The van der Waals surface area contributed by atoms with E-state index in [0.29, 0.717) is 10.6 Å². The lowest BCUT2D eigenvalue weighted by molar-refractivity contribution is 0.0940. The van der Waals surface area contributed by atoms with Gasteiger partial charge in [-0.15, -0.1) is 0 Å². The number of rotatable bonds is 4. The monoisotopic (exact) mass is 325 g/mol. The molecule has 1 atom stereocenters. The number of carbonyl (C=O) groups excluding carboxylic acids is 1. The first-order valence-electron chi connectivity index (χ1n) is 7.30. The molecule has 0 aliphatic heterocycles. The molecule has 3 rings (SSSR count). The fourth-order valence-electron chi connectivity index (χ4n) is 2.28. The molecule has 5 heteroatoms. The van der Waals surface area contributed by atoms with Gasteiger partial charge in [-0.05, 0) is 36.8 Å². The third-order valence-electron chi connectivity index (χ3n) is 3.58. The van der Waals surface area contributed by atoms with Gasteiger partial charge in [-0.2, -0.15) is 5.10 Å². The van der Waals surface area contributed by atoms with Gasteiger partial charge in [-0.1, -0.05) is 41.9 Å². The number of carbonyl (C=O) groups is 1. The highest BCUT2D eigenvalue weighted by atomic mass is 35.5. The molecule has 1 unspecified atom stereocenters. The zero-order chi connectivity index (χ0) is 16.2. The molecule has 2 aromatic carbocycles. The lowest BCUT2D eigenvalue weighted by atomic mass is 10.1. The molecule has 0 radical (unpaired) electrons. The van der Waals surface area contributed by atoms with Crippen molar-refractivity contribution < 1.29 is 4.79 Å². The SMILES string of the molecule is CC(NC(=O)c1cnn(-c2ccccc2)c1)c1ccc(Cl)cc1. The van der Waals surface area contributed by atoms with Crippen LogP contribution in [-0.4, -0.2) is 15.7 Å². The first-order valence-corrected chi connectivity index (χ1v) is 7.68. The van der Waals surface area contributed by atoms with Crippen molar-refractivity contribution in [2.24, 2.45) is 0 Å². The molecular formula is C18H16ClN3O. The standard InChI is InChI=1S/C18H16ClN3O/c1-13(14-7-9-16(19)10-8-14)21-18(23)15-11-20-22(12-15)17-5-3-2-4-6-17/h2-13H,1H3,(H,21,23). The Morgan fingerprint density at radius 3 is 2.52 bits per heavy atom. The summed E-state index contributed by atoms with van der Waals surface area (Å²) in [7, 11) is 0. The molecule has 3 aromatic rings. The lowest BCUT2D eigenvalue weighted by Crippen LogP contribution is -2.26. The third kappa shape index (κ3) is 3.60. The van der Waals surface area contributed by atoms with Crippen LogP contribution in [0.3, 0.4) is 0 Å². The minimum atomic E-state index is -0.158. The summed E-state index contributed by atoms with van der Waals surface area (Å²) in [5, 5.41) is 7.88. The van der Waals surface area contributed by atoms with E-state index in [4.69, 9.17) is 11.6 Å². The molecule has 0 saturated carbocycles. The van der Waals surface area contributed by atoms with Gasteiger partial charge in [0.05, 0.1) is 23.5 Å². The fourth-order valence-corrected chi connectivity index (χ4v) is 2.40. The van der Waals surface area contributed by atoms with E-state index in [1.165, 1.54) is 0 Å². The highest BCUT2D eigenvalue weighted by Crippen LogP contribution is 2.17. The smallest absolute Gasteiger partial charge is 0.254 e. The van der Waals surface area contributed by atoms with Gasteiger partial charge >= 0.3 is 0 Å². The fraction of sp³-hybridized carbons (Fsp3) is 0.111. The Labute approximate surface area is 139 Å². The van der Waals surface area contributed by atoms with Gasteiger partial charge < -0.3 is 5.32 Å². The number of nitrogens with one attached hydrogen (secondary N) is 1. The van der Waals surface area contributed by atoms with Crippen molar-refractivity contribution in [3.63, 3.8) is 0 Å². The van der Waals surface area contributed by atoms with Gasteiger partial charge in [-0.25, -0.2) is 4.68 Å². The van der Waals surface area contributed by atoms with Gasteiger partial charge in [0.25, 0.3) is 5.91 Å². The summed E-state index contributed by atoms with van der Waals surface area (Å²) >= 11 is 5.88. The van der Waals surface area contributed by atoms with Crippen LogP contribution in [0.5, 0.6) is 0 Å². The van der Waals surface area contributed by atoms with Crippen LogP contribution in [0.1, 0.15) is 28.9 Å². The van der Waals surface area contributed by atoms with E-state index in [-0.39, 0.29) is 11.9 Å². The van der Waals surface area contributed by atoms with Crippen LogP contribution >= 0.6 is 11.6 Å². The van der Waals surface area contributed by atoms with Gasteiger partial charge in [-0.3, -0.25) is 4.79 Å². The topological polar surface area (TPSA) is 46.9 Å². The molecule has 1 N–H and O–H groups in total. The van der Waals surface area contributed by atoms with Crippen molar-refractivity contribution in [1.29, 1.82) is 0 Å². The highest BCUT2D eigenvalue weighted by Gasteiger charge is 2.13. The van der Waals surface area contributed by atoms with Crippen molar-refractivity contribution in [2.75, 3.05) is 0 Å². The summed E-state index contributed by atoms with van der Waals surface area (Å²) in [5.74, 6) is -0.158. The Balaban J connectivity index is 1.71. The maximum absolute atomic E-state index is 12.3. The summed E-state index contributed by atoms with van der Waals surface area (Å²) in [5.41, 5.74) is 2.44. The number of amides is 1. The van der Waals surface area contributed by atoms with Crippen molar-refractivity contribution >= 4 is 17.5 Å². The van der Waals surface area contributed by atoms with Gasteiger partial charge in [0.1, 0.15) is 0 Å². The minimum absolute atomic E-state index is 0.111. The molecule has 0 bridgehead atoms. The second kappa shape index (κ2) is 6.67. The van der Waals surface area contributed by atoms with Crippen LogP contribution in [-0.2, 0) is 0 Å². The molecule has 23 heavy (non-hydrogen) atoms. The second-order valence-corrected chi connectivity index (χ2v) is 5.69. The first kappa shape index (κ1) is 15.3. The molecule has 0 saturated heterocycles. The Bertz CT molecular complexity index is 797. The first-order chi connectivity index (χ1) is 11.1. The van der Waals surface area contributed by atoms with E-state index in [1.54, 1.807) is 17.1 Å². The average Bonchev–Trinajstić information content (AvgIpc) is 3.06. The summed E-state index contributed by atoms with van der Waals surface area (Å²) in [6.07, 6.45) is 3.29. The van der Waals surface area contributed by atoms with E-state index in [9.17, 15) is 4.79 Å². The van der Waals surface area contributed by atoms with E-state index >= 15 is 0 Å². The number of halogens is 1. The third-order valence-corrected chi connectivity index (χ3v) is 3.84. The molecule has 1 heterocycles. The van der Waals surface area contributed by atoms with E-state index in [0.717, 1.165) is 11.3 Å². The Morgan fingerprint density at radius 1 is 1.13 bits per heavy atom. The molecule has 0 spiro atoms. The van der Waals surface area contributed by atoms with Crippen LogP contribution in [0.15, 0.2) is 67.0 Å². The molecule has 0 fully saturated rings. The summed E-state index contributed by atoms with van der Waals surface area (Å²) < 4.78 is 1.68. The number of hydrogen-bond acceptors (Lipinski definition) is 2. The average molecular weight is 326 g/mol. The van der Waals surface area contributed by atoms with Crippen LogP contribution < -0.4 is 5.32 Å². The maximum atomic E-state index is 12.3. The quantitative estimate of drug-likeness (QED) is 0.787. The van der Waals surface area contributed by atoms with Crippen molar-refractivity contribution in [1.82, 2.24) is 15.1 Å². The Morgan fingerprint density at radius 2 is 1.83 bits per heavy atom. The summed E-state index contributed by atoms with van der Waals surface area (Å²) in [6.45, 7) is 1.93. The second-order valence-electron chi connectivity index (χ2n) is 5.26. The van der Waals surface area contributed by atoms with Crippen molar-refractivity contribution in [3.05, 3.63) is 83.1 Å². The Kier molecular flexibility index (Phi) is 4.44. The van der Waals surface area contributed by atoms with E-state index < -0.39 is 0 Å². The minimum Gasteiger partial charge on any atom is -0.345 e. The van der Waals surface area contributed by atoms with Crippen molar-refractivity contribution in [3.8, 4) is 5.69 Å². The molecule has 0 aliphatic carbocycles. The molecule has 1 aromatic heterocycles. The molecular weight excluding hydrogens is 310 g/mol. The highest BCUT2D eigenvalue weighted by molar-refractivity contribution is 6.30. The maximum Gasteiger partial charge on any atom is 0.254 e. The van der Waals surface area contributed by atoms with E-state index in [1.807, 2.05) is 61.5 Å². The van der Waals surface area contributed by atoms with Gasteiger partial charge in [0.15, 0.2) is 0 Å². The molecule has 4 nitrogen and oxygen atoms in total. The number of hydrogen-bond donors (Lipinski definition) is 1. The Hall–Kier alpha value is -2.59. The summed E-state index contributed by atoms with van der Waals surface area (Å²) in [4.78, 5) is 12.3. The number of nitrogens with zero attached hydrogens (tertiary/aromatic N) is 2. The van der Waals surface area contributed by atoms with Gasteiger partial charge in [0.2, 0.25) is 0 Å². The number of para-hydroxylation sites is 1. The normalized spacial score (nSPS) is 11.9. The van der Waals surface area contributed by atoms with Gasteiger partial charge in [0, 0.05) is 11.2 Å².